The van der Waals surface area contributed by atoms with Crippen LogP contribution in [0.15, 0.2) is 11.1 Å². The summed E-state index contributed by atoms with van der Waals surface area (Å²) in [6, 6.07) is 1.90. The topological polar surface area (TPSA) is 77.6 Å². The quantitative estimate of drug-likeness (QED) is 0.513. The molecule has 0 aliphatic heterocycles. The minimum atomic E-state index is 0.375. The standard InChI is InChI=1S/C11H16ClN3.C2H4O2/c1-3-4-5-9-6-10(12)8(2)11(15-9)14-7-13;1-4-2-3/h6-7H,3-5H2,1-2H3,(H2,13,14,15);2H,1H3. The van der Waals surface area contributed by atoms with Crippen LogP contribution in [0.1, 0.15) is 31.0 Å². The Labute approximate surface area is 118 Å². The van der Waals surface area contributed by atoms with Crippen molar-refractivity contribution in [2.75, 3.05) is 7.11 Å². The summed E-state index contributed by atoms with van der Waals surface area (Å²) in [6.07, 6.45) is 4.43. The van der Waals surface area contributed by atoms with Gasteiger partial charge in [0.1, 0.15) is 0 Å². The summed E-state index contributed by atoms with van der Waals surface area (Å²) >= 11 is 6.08. The number of rotatable bonds is 5. The highest BCUT2D eigenvalue weighted by molar-refractivity contribution is 6.31. The van der Waals surface area contributed by atoms with Crippen LogP contribution in [0.2, 0.25) is 5.02 Å². The molecule has 0 fully saturated rings. The zero-order chi connectivity index (χ0) is 14.7. The number of nitrogens with two attached hydrogens (primary N) is 1. The lowest BCUT2D eigenvalue weighted by Crippen LogP contribution is -1.95. The minimum absolute atomic E-state index is 0.375. The number of hydrogen-bond acceptors (Lipinski definition) is 4. The lowest BCUT2D eigenvalue weighted by molar-refractivity contribution is -0.126. The van der Waals surface area contributed by atoms with Crippen molar-refractivity contribution < 1.29 is 9.53 Å². The zero-order valence-electron chi connectivity index (χ0n) is 11.5. The molecule has 6 heteroatoms. The summed E-state index contributed by atoms with van der Waals surface area (Å²) < 4.78 is 3.86. The maximum atomic E-state index is 8.95. The van der Waals surface area contributed by atoms with Crippen molar-refractivity contribution in [1.82, 2.24) is 4.98 Å². The fourth-order valence-corrected chi connectivity index (χ4v) is 1.51. The third-order valence-electron chi connectivity index (χ3n) is 2.32. The third-order valence-corrected chi connectivity index (χ3v) is 2.71. The average molecular weight is 286 g/mol. The second-order valence-corrected chi connectivity index (χ2v) is 4.16. The number of aromatic nitrogens is 1. The number of carbonyl (C=O) groups excluding carboxylic acids is 1. The molecule has 0 aliphatic carbocycles. The predicted molar refractivity (Wildman–Crippen MR) is 78.0 cm³/mol. The Balaban J connectivity index is 0.000000711. The molecule has 0 bridgehead atoms. The second kappa shape index (κ2) is 10.3. The van der Waals surface area contributed by atoms with E-state index in [0.717, 1.165) is 30.5 Å². The van der Waals surface area contributed by atoms with Gasteiger partial charge in [-0.3, -0.25) is 4.79 Å². The van der Waals surface area contributed by atoms with E-state index in [-0.39, 0.29) is 0 Å². The van der Waals surface area contributed by atoms with Gasteiger partial charge in [0.2, 0.25) is 0 Å². The molecule has 0 aliphatic rings. The van der Waals surface area contributed by atoms with Crippen molar-refractivity contribution in [2.45, 2.75) is 33.1 Å². The van der Waals surface area contributed by atoms with Gasteiger partial charge in [0.25, 0.3) is 6.47 Å². The fourth-order valence-electron chi connectivity index (χ4n) is 1.30. The highest BCUT2D eigenvalue weighted by Gasteiger charge is 2.06. The number of hydrogen-bond donors (Lipinski definition) is 1. The highest BCUT2D eigenvalue weighted by Crippen LogP contribution is 2.25. The largest absolute Gasteiger partial charge is 0.471 e. The number of nitrogens with zero attached hydrogens (tertiary/aromatic N) is 2. The van der Waals surface area contributed by atoms with Crippen LogP contribution < -0.4 is 5.73 Å². The molecular weight excluding hydrogens is 266 g/mol. The van der Waals surface area contributed by atoms with Gasteiger partial charge in [0.15, 0.2) is 5.82 Å². The first-order valence-corrected chi connectivity index (χ1v) is 6.35. The molecule has 1 rings (SSSR count). The summed E-state index contributed by atoms with van der Waals surface area (Å²) in [5, 5.41) is 0.705. The van der Waals surface area contributed by atoms with Crippen LogP contribution in [0, 0.1) is 6.92 Å². The predicted octanol–water partition coefficient (Wildman–Crippen LogP) is 2.79. The van der Waals surface area contributed by atoms with Gasteiger partial charge in [0, 0.05) is 16.3 Å². The van der Waals surface area contributed by atoms with Gasteiger partial charge < -0.3 is 10.5 Å². The number of aliphatic imine (C=N–C) groups is 1. The highest BCUT2D eigenvalue weighted by atomic mass is 35.5. The number of unbranched alkanes of at least 4 members (excludes halogenated alkanes) is 1. The molecule has 0 unspecified atom stereocenters. The van der Waals surface area contributed by atoms with Crippen molar-refractivity contribution in [2.24, 2.45) is 10.7 Å². The number of halogens is 1. The molecule has 19 heavy (non-hydrogen) atoms. The SMILES string of the molecule is CCCCc1cc(Cl)c(C)c(N=CN)n1.COC=O. The molecule has 1 aromatic rings. The molecule has 0 saturated heterocycles. The van der Waals surface area contributed by atoms with Crippen LogP contribution in [-0.2, 0) is 16.0 Å². The van der Waals surface area contributed by atoms with Gasteiger partial charge in [0.05, 0.1) is 13.4 Å². The van der Waals surface area contributed by atoms with Crippen LogP contribution in [0.4, 0.5) is 5.82 Å². The summed E-state index contributed by atoms with van der Waals surface area (Å²) in [4.78, 5) is 17.3. The first-order chi connectivity index (χ1) is 9.10. The van der Waals surface area contributed by atoms with E-state index in [9.17, 15) is 0 Å². The average Bonchev–Trinajstić information content (AvgIpc) is 2.42. The molecular formula is C13H20ClN3O2. The fraction of sp³-hybridized carbons (Fsp3) is 0.462. The number of aryl methyl sites for hydroxylation is 1. The summed E-state index contributed by atoms with van der Waals surface area (Å²) in [6.45, 7) is 4.41. The van der Waals surface area contributed by atoms with Crippen molar-refractivity contribution in [3.05, 3.63) is 22.3 Å². The second-order valence-electron chi connectivity index (χ2n) is 3.76. The Morgan fingerprint density at radius 3 is 2.68 bits per heavy atom. The lowest BCUT2D eigenvalue weighted by atomic mass is 10.1. The molecule has 2 N–H and O–H groups in total. The first-order valence-electron chi connectivity index (χ1n) is 5.97. The molecule has 1 aromatic heterocycles. The van der Waals surface area contributed by atoms with Crippen molar-refractivity contribution in [3.8, 4) is 0 Å². The Kier molecular flexibility index (Phi) is 9.44. The van der Waals surface area contributed by atoms with Gasteiger partial charge in [-0.2, -0.15) is 0 Å². The van der Waals surface area contributed by atoms with Crippen LogP contribution in [0.25, 0.3) is 0 Å². The van der Waals surface area contributed by atoms with Crippen LogP contribution in [-0.4, -0.2) is 24.9 Å². The zero-order valence-corrected chi connectivity index (χ0v) is 12.3. The van der Waals surface area contributed by atoms with Crippen LogP contribution >= 0.6 is 11.6 Å². The molecule has 0 amide bonds. The molecule has 0 spiro atoms. The number of methoxy groups -OCH3 is 1. The van der Waals surface area contributed by atoms with Gasteiger partial charge in [-0.25, -0.2) is 9.98 Å². The summed E-state index contributed by atoms with van der Waals surface area (Å²) in [5.41, 5.74) is 7.11. The van der Waals surface area contributed by atoms with E-state index in [2.05, 4.69) is 21.6 Å². The van der Waals surface area contributed by atoms with Crippen LogP contribution in [0.3, 0.4) is 0 Å². The Morgan fingerprint density at radius 2 is 2.21 bits per heavy atom. The van der Waals surface area contributed by atoms with E-state index in [1.54, 1.807) is 0 Å². The van der Waals surface area contributed by atoms with Crippen LogP contribution in [0.5, 0.6) is 0 Å². The molecule has 0 aromatic carbocycles. The number of pyridine rings is 1. The van der Waals surface area contributed by atoms with Gasteiger partial charge in [-0.15, -0.1) is 0 Å². The normalized spacial score (nSPS) is 9.89. The molecule has 0 saturated carbocycles. The molecule has 0 atom stereocenters. The number of ether oxygens (including phenoxy) is 1. The van der Waals surface area contributed by atoms with Crippen molar-refractivity contribution in [3.63, 3.8) is 0 Å². The number of carbonyl (C=O) groups is 1. The van der Waals surface area contributed by atoms with E-state index in [1.165, 1.54) is 13.4 Å². The molecule has 106 valence electrons. The summed E-state index contributed by atoms with van der Waals surface area (Å²) in [7, 11) is 1.31. The maximum Gasteiger partial charge on any atom is 0.292 e. The molecule has 1 heterocycles. The minimum Gasteiger partial charge on any atom is -0.471 e. The van der Waals surface area contributed by atoms with E-state index in [1.807, 2.05) is 13.0 Å². The first kappa shape index (κ1) is 17.4. The van der Waals surface area contributed by atoms with Crippen molar-refractivity contribution in [1.29, 1.82) is 0 Å². The van der Waals surface area contributed by atoms with E-state index in [0.29, 0.717) is 17.3 Å². The lowest BCUT2D eigenvalue weighted by Gasteiger charge is -2.05. The van der Waals surface area contributed by atoms with E-state index in [4.69, 9.17) is 22.1 Å². The molecule has 0 radical (unpaired) electrons. The molecule has 5 nitrogen and oxygen atoms in total. The Morgan fingerprint density at radius 1 is 1.58 bits per heavy atom. The van der Waals surface area contributed by atoms with Gasteiger partial charge in [-0.1, -0.05) is 24.9 Å². The van der Waals surface area contributed by atoms with Crippen molar-refractivity contribution >= 4 is 30.2 Å². The maximum absolute atomic E-state index is 8.95. The summed E-state index contributed by atoms with van der Waals surface area (Å²) in [5.74, 6) is 0.621. The van der Waals surface area contributed by atoms with E-state index >= 15 is 0 Å². The third kappa shape index (κ3) is 6.76. The van der Waals surface area contributed by atoms with E-state index < -0.39 is 0 Å². The monoisotopic (exact) mass is 285 g/mol. The smallest absolute Gasteiger partial charge is 0.292 e. The van der Waals surface area contributed by atoms with Gasteiger partial charge >= 0.3 is 0 Å². The Bertz CT molecular complexity index is 423. The Hall–Kier alpha value is -1.62. The van der Waals surface area contributed by atoms with Gasteiger partial charge in [-0.05, 0) is 25.8 Å².